The molecule has 2 aromatic heterocycles. The number of amides is 2. The summed E-state index contributed by atoms with van der Waals surface area (Å²) < 4.78 is 1.95. The highest BCUT2D eigenvalue weighted by molar-refractivity contribution is 5.89. The van der Waals surface area contributed by atoms with Crippen LogP contribution in [0.4, 0.5) is 10.5 Å². The number of carbonyl (C=O) groups is 1. The van der Waals surface area contributed by atoms with Crippen LogP contribution < -0.4 is 10.6 Å². The molecule has 0 saturated carbocycles. The van der Waals surface area contributed by atoms with E-state index in [4.69, 9.17) is 0 Å². The number of rotatable bonds is 6. The van der Waals surface area contributed by atoms with E-state index in [1.807, 2.05) is 42.7 Å². The Labute approximate surface area is 144 Å². The number of anilines is 1. The Morgan fingerprint density at radius 1 is 1.36 bits per heavy atom. The summed E-state index contributed by atoms with van der Waals surface area (Å²) in [5, 5.41) is 20.5. The normalized spacial score (nSPS) is 10.6. The van der Waals surface area contributed by atoms with Gasteiger partial charge in [-0.15, -0.1) is 10.2 Å². The van der Waals surface area contributed by atoms with Gasteiger partial charge in [0, 0.05) is 30.8 Å². The molecule has 0 aliphatic heterocycles. The Kier molecular flexibility index (Phi) is 5.03. The number of nitrogens with one attached hydrogen (secondary N) is 3. The van der Waals surface area contributed by atoms with Gasteiger partial charge in [-0.1, -0.05) is 12.1 Å². The Morgan fingerprint density at radius 3 is 3.00 bits per heavy atom. The van der Waals surface area contributed by atoms with E-state index in [1.54, 1.807) is 6.33 Å². The van der Waals surface area contributed by atoms with Gasteiger partial charge in [0.2, 0.25) is 0 Å². The summed E-state index contributed by atoms with van der Waals surface area (Å²) >= 11 is 0. The van der Waals surface area contributed by atoms with Crippen molar-refractivity contribution >= 4 is 11.7 Å². The SMILES string of the molecule is CCn1cnnc1CCNC(=O)Nc1cccc(-c2n[nH]c(C)n2)c1. The van der Waals surface area contributed by atoms with Gasteiger partial charge in [-0.2, -0.15) is 5.10 Å². The van der Waals surface area contributed by atoms with Crippen molar-refractivity contribution in [1.29, 1.82) is 0 Å². The molecular formula is C16H20N8O. The van der Waals surface area contributed by atoms with E-state index in [2.05, 4.69) is 36.0 Å². The van der Waals surface area contributed by atoms with Crippen molar-refractivity contribution in [2.24, 2.45) is 0 Å². The molecule has 0 aliphatic carbocycles. The number of nitrogens with zero attached hydrogens (tertiary/aromatic N) is 5. The zero-order valence-electron chi connectivity index (χ0n) is 14.2. The smallest absolute Gasteiger partial charge is 0.319 e. The number of benzene rings is 1. The molecule has 0 unspecified atom stereocenters. The predicted molar refractivity (Wildman–Crippen MR) is 93.0 cm³/mol. The van der Waals surface area contributed by atoms with Gasteiger partial charge in [-0.05, 0) is 26.0 Å². The van der Waals surface area contributed by atoms with Crippen LogP contribution in [0.5, 0.6) is 0 Å². The maximum atomic E-state index is 12.0. The third-order valence-corrected chi connectivity index (χ3v) is 3.65. The molecule has 2 amide bonds. The Balaban J connectivity index is 1.54. The van der Waals surface area contributed by atoms with Gasteiger partial charge in [0.1, 0.15) is 18.0 Å². The molecule has 0 spiro atoms. The number of hydrogen-bond donors (Lipinski definition) is 3. The van der Waals surface area contributed by atoms with Crippen LogP contribution in [-0.4, -0.2) is 42.5 Å². The molecule has 0 radical (unpaired) electrons. The van der Waals surface area contributed by atoms with Gasteiger partial charge in [-0.25, -0.2) is 9.78 Å². The van der Waals surface area contributed by atoms with Crippen molar-refractivity contribution in [3.8, 4) is 11.4 Å². The standard InChI is InChI=1S/C16H20N8O/c1-3-24-10-18-22-14(24)7-8-17-16(25)20-13-6-4-5-12(9-13)15-19-11(2)21-23-15/h4-6,9-10H,3,7-8H2,1-2H3,(H2,17,20,25)(H,19,21,23). The average molecular weight is 340 g/mol. The molecule has 0 bridgehead atoms. The van der Waals surface area contributed by atoms with E-state index < -0.39 is 0 Å². The first kappa shape index (κ1) is 16.6. The quantitative estimate of drug-likeness (QED) is 0.633. The fraction of sp³-hybridized carbons (Fsp3) is 0.312. The summed E-state index contributed by atoms with van der Waals surface area (Å²) in [4.78, 5) is 16.3. The number of aryl methyl sites for hydroxylation is 2. The molecule has 0 atom stereocenters. The molecule has 0 saturated heterocycles. The molecule has 3 aromatic rings. The molecule has 9 heteroatoms. The van der Waals surface area contributed by atoms with Crippen LogP contribution >= 0.6 is 0 Å². The minimum Gasteiger partial charge on any atom is -0.337 e. The molecule has 3 N–H and O–H groups in total. The summed E-state index contributed by atoms with van der Waals surface area (Å²) in [7, 11) is 0. The molecule has 2 heterocycles. The van der Waals surface area contributed by atoms with Gasteiger partial charge in [0.25, 0.3) is 0 Å². The molecule has 0 fully saturated rings. The highest BCUT2D eigenvalue weighted by atomic mass is 16.2. The summed E-state index contributed by atoms with van der Waals surface area (Å²) in [5.41, 5.74) is 1.51. The van der Waals surface area contributed by atoms with E-state index in [0.29, 0.717) is 24.5 Å². The highest BCUT2D eigenvalue weighted by Crippen LogP contribution is 2.19. The lowest BCUT2D eigenvalue weighted by molar-refractivity contribution is 0.252. The Hall–Kier alpha value is -3.23. The Morgan fingerprint density at radius 2 is 2.24 bits per heavy atom. The minimum absolute atomic E-state index is 0.272. The molecule has 130 valence electrons. The molecular weight excluding hydrogens is 320 g/mol. The maximum Gasteiger partial charge on any atom is 0.319 e. The maximum absolute atomic E-state index is 12.0. The topological polar surface area (TPSA) is 113 Å². The van der Waals surface area contributed by atoms with Gasteiger partial charge in [0.05, 0.1) is 0 Å². The first-order chi connectivity index (χ1) is 12.2. The zero-order chi connectivity index (χ0) is 17.6. The summed E-state index contributed by atoms with van der Waals surface area (Å²) in [6.45, 7) is 5.15. The van der Waals surface area contributed by atoms with Crippen molar-refractivity contribution in [3.63, 3.8) is 0 Å². The van der Waals surface area contributed by atoms with Crippen LogP contribution in [-0.2, 0) is 13.0 Å². The van der Waals surface area contributed by atoms with Crippen LogP contribution in [0.1, 0.15) is 18.6 Å². The number of hydrogen-bond acceptors (Lipinski definition) is 5. The third-order valence-electron chi connectivity index (χ3n) is 3.65. The fourth-order valence-corrected chi connectivity index (χ4v) is 2.41. The number of carbonyl (C=O) groups excluding carboxylic acids is 1. The second kappa shape index (κ2) is 7.56. The zero-order valence-corrected chi connectivity index (χ0v) is 14.2. The number of H-pyrrole nitrogens is 1. The highest BCUT2D eigenvalue weighted by Gasteiger charge is 2.07. The van der Waals surface area contributed by atoms with Gasteiger partial charge >= 0.3 is 6.03 Å². The average Bonchev–Trinajstić information content (AvgIpc) is 3.23. The van der Waals surface area contributed by atoms with E-state index in [1.165, 1.54) is 0 Å². The fourth-order valence-electron chi connectivity index (χ4n) is 2.41. The molecule has 0 aliphatic rings. The van der Waals surface area contributed by atoms with Crippen molar-refractivity contribution < 1.29 is 4.79 Å². The van der Waals surface area contributed by atoms with Crippen molar-refractivity contribution in [2.75, 3.05) is 11.9 Å². The third kappa shape index (κ3) is 4.19. The second-order valence-corrected chi connectivity index (χ2v) is 5.49. The lowest BCUT2D eigenvalue weighted by atomic mass is 10.2. The van der Waals surface area contributed by atoms with Gasteiger partial charge in [0.15, 0.2) is 5.82 Å². The summed E-state index contributed by atoms with van der Waals surface area (Å²) in [6.07, 6.45) is 2.31. The van der Waals surface area contributed by atoms with E-state index in [-0.39, 0.29) is 6.03 Å². The van der Waals surface area contributed by atoms with E-state index in [9.17, 15) is 4.79 Å². The van der Waals surface area contributed by atoms with Crippen LogP contribution in [0.15, 0.2) is 30.6 Å². The molecule has 9 nitrogen and oxygen atoms in total. The van der Waals surface area contributed by atoms with Crippen molar-refractivity contribution in [1.82, 2.24) is 35.3 Å². The monoisotopic (exact) mass is 340 g/mol. The van der Waals surface area contributed by atoms with E-state index >= 15 is 0 Å². The number of aromatic nitrogens is 6. The molecule has 3 rings (SSSR count). The number of urea groups is 1. The van der Waals surface area contributed by atoms with Crippen LogP contribution in [0, 0.1) is 6.92 Å². The first-order valence-electron chi connectivity index (χ1n) is 8.06. The van der Waals surface area contributed by atoms with Crippen LogP contribution in [0.25, 0.3) is 11.4 Å². The number of aromatic amines is 1. The first-order valence-corrected chi connectivity index (χ1v) is 8.06. The molecule has 25 heavy (non-hydrogen) atoms. The minimum atomic E-state index is -0.272. The van der Waals surface area contributed by atoms with Crippen LogP contribution in [0.2, 0.25) is 0 Å². The summed E-state index contributed by atoms with van der Waals surface area (Å²) in [5.74, 6) is 2.19. The lowest BCUT2D eigenvalue weighted by Crippen LogP contribution is -2.30. The lowest BCUT2D eigenvalue weighted by Gasteiger charge is -2.08. The van der Waals surface area contributed by atoms with Gasteiger partial charge in [-0.3, -0.25) is 5.10 Å². The molecule has 1 aromatic carbocycles. The van der Waals surface area contributed by atoms with Gasteiger partial charge < -0.3 is 15.2 Å². The van der Waals surface area contributed by atoms with Crippen molar-refractivity contribution in [2.45, 2.75) is 26.8 Å². The second-order valence-electron chi connectivity index (χ2n) is 5.49. The van der Waals surface area contributed by atoms with Crippen LogP contribution in [0.3, 0.4) is 0 Å². The largest absolute Gasteiger partial charge is 0.337 e. The Bertz CT molecular complexity index is 853. The van der Waals surface area contributed by atoms with Crippen molar-refractivity contribution in [3.05, 3.63) is 42.2 Å². The summed E-state index contributed by atoms with van der Waals surface area (Å²) in [6, 6.07) is 7.11. The van der Waals surface area contributed by atoms with E-state index in [0.717, 1.165) is 23.8 Å². The predicted octanol–water partition coefficient (Wildman–Crippen LogP) is 1.76.